The summed E-state index contributed by atoms with van der Waals surface area (Å²) in [6, 6.07) is 22.5. The Bertz CT molecular complexity index is 592. The minimum absolute atomic E-state index is 0.441. The van der Waals surface area contributed by atoms with Gasteiger partial charge in [0, 0.05) is 18.1 Å². The van der Waals surface area contributed by atoms with Gasteiger partial charge in [-0.3, -0.25) is 4.90 Å². The largest absolute Gasteiger partial charge is 0.286 e. The molecule has 1 nitrogen and oxygen atoms in total. The summed E-state index contributed by atoms with van der Waals surface area (Å²) < 4.78 is 0. The molecule has 2 aromatic rings. The van der Waals surface area contributed by atoms with Crippen LogP contribution in [0.3, 0.4) is 0 Å². The van der Waals surface area contributed by atoms with Gasteiger partial charge in [-0.2, -0.15) is 0 Å². The van der Waals surface area contributed by atoms with Crippen LogP contribution in [-0.2, 0) is 6.54 Å². The van der Waals surface area contributed by atoms with Crippen molar-refractivity contribution in [3.63, 3.8) is 0 Å². The molecule has 1 aliphatic heterocycles. The Hall–Kier alpha value is -1.60. The molecule has 102 valence electrons. The topological polar surface area (TPSA) is 3.24 Å². The van der Waals surface area contributed by atoms with E-state index in [1.54, 1.807) is 0 Å². The molecule has 0 aromatic heterocycles. The van der Waals surface area contributed by atoms with Crippen molar-refractivity contribution in [1.82, 2.24) is 4.90 Å². The molecule has 0 amide bonds. The smallest absolute Gasteiger partial charge is 0.0360 e. The van der Waals surface area contributed by atoms with Gasteiger partial charge >= 0.3 is 0 Å². The van der Waals surface area contributed by atoms with Crippen molar-refractivity contribution in [2.45, 2.75) is 37.9 Å². The number of likely N-dealkylation sites (tertiary alicyclic amines) is 1. The Kier molecular flexibility index (Phi) is 2.71. The van der Waals surface area contributed by atoms with E-state index in [0.717, 1.165) is 12.5 Å². The van der Waals surface area contributed by atoms with Gasteiger partial charge in [-0.05, 0) is 36.8 Å². The zero-order valence-electron chi connectivity index (χ0n) is 12.0. The molecular weight excluding hydrogens is 242 g/mol. The molecule has 2 aliphatic rings. The highest BCUT2D eigenvalue weighted by molar-refractivity contribution is 5.28. The molecule has 0 spiro atoms. The minimum Gasteiger partial charge on any atom is -0.286 e. The Balaban J connectivity index is 1.64. The van der Waals surface area contributed by atoms with Gasteiger partial charge in [0.25, 0.3) is 0 Å². The Morgan fingerprint density at radius 2 is 1.65 bits per heavy atom. The molecule has 1 saturated heterocycles. The second-order valence-electron chi connectivity index (χ2n) is 6.53. The highest BCUT2D eigenvalue weighted by Gasteiger charge is 2.61. The van der Waals surface area contributed by atoms with Crippen molar-refractivity contribution < 1.29 is 0 Å². The molecule has 1 unspecified atom stereocenters. The first-order valence-corrected chi connectivity index (χ1v) is 7.63. The van der Waals surface area contributed by atoms with Crippen molar-refractivity contribution in [3.8, 4) is 0 Å². The molecule has 3 atom stereocenters. The maximum Gasteiger partial charge on any atom is 0.0360 e. The third kappa shape index (κ3) is 1.89. The zero-order chi connectivity index (χ0) is 13.6. The summed E-state index contributed by atoms with van der Waals surface area (Å²) >= 11 is 0. The third-order valence-corrected chi connectivity index (χ3v) is 5.30. The molecule has 20 heavy (non-hydrogen) atoms. The fourth-order valence-electron chi connectivity index (χ4n) is 3.94. The van der Waals surface area contributed by atoms with Crippen LogP contribution in [0.2, 0.25) is 0 Å². The van der Waals surface area contributed by atoms with Gasteiger partial charge in [0.05, 0.1) is 0 Å². The maximum atomic E-state index is 2.74. The first-order chi connectivity index (χ1) is 9.77. The van der Waals surface area contributed by atoms with Crippen molar-refractivity contribution >= 4 is 0 Å². The number of hydrogen-bond donors (Lipinski definition) is 0. The van der Waals surface area contributed by atoms with Crippen LogP contribution in [0.5, 0.6) is 0 Å². The van der Waals surface area contributed by atoms with E-state index in [9.17, 15) is 0 Å². The molecule has 1 saturated carbocycles. The lowest BCUT2D eigenvalue weighted by Gasteiger charge is -2.32. The van der Waals surface area contributed by atoms with E-state index < -0.39 is 0 Å². The predicted octanol–water partition coefficient (Wildman–Crippen LogP) is 4.41. The highest BCUT2D eigenvalue weighted by Crippen LogP contribution is 2.62. The second kappa shape index (κ2) is 4.46. The summed E-state index contributed by atoms with van der Waals surface area (Å²) in [6.07, 6.45) is 2.70. The molecule has 4 rings (SSSR count). The quantitative estimate of drug-likeness (QED) is 0.792. The number of rotatable bonds is 3. The van der Waals surface area contributed by atoms with E-state index in [1.807, 2.05) is 0 Å². The van der Waals surface area contributed by atoms with E-state index in [1.165, 1.54) is 24.0 Å². The first-order valence-electron chi connectivity index (χ1n) is 7.63. The van der Waals surface area contributed by atoms with E-state index in [2.05, 4.69) is 72.5 Å². The first kappa shape index (κ1) is 12.2. The van der Waals surface area contributed by atoms with E-state index in [4.69, 9.17) is 0 Å². The standard InChI is InChI=1S/C19H21N/c1-19-13-17(19)12-18(16-10-6-3-7-11-16)20(19)14-15-8-4-2-5-9-15/h2-11,17-18H,12-14H2,1H3/t17-,18?,19+/m0/s1. The van der Waals surface area contributed by atoms with Gasteiger partial charge < -0.3 is 0 Å². The predicted molar refractivity (Wildman–Crippen MR) is 82.3 cm³/mol. The molecule has 0 N–H and O–H groups in total. The fourth-order valence-corrected chi connectivity index (χ4v) is 3.94. The van der Waals surface area contributed by atoms with Crippen LogP contribution < -0.4 is 0 Å². The summed E-state index contributed by atoms with van der Waals surface area (Å²) in [5.41, 5.74) is 3.36. The third-order valence-electron chi connectivity index (χ3n) is 5.30. The van der Waals surface area contributed by atoms with Crippen molar-refractivity contribution in [3.05, 3.63) is 71.8 Å². The van der Waals surface area contributed by atoms with Crippen LogP contribution in [0.1, 0.15) is 36.9 Å². The second-order valence-corrected chi connectivity index (χ2v) is 6.53. The van der Waals surface area contributed by atoms with Crippen LogP contribution in [0.4, 0.5) is 0 Å². The van der Waals surface area contributed by atoms with Gasteiger partial charge in [0.2, 0.25) is 0 Å². The lowest BCUT2D eigenvalue weighted by atomic mass is 10.0. The summed E-state index contributed by atoms with van der Waals surface area (Å²) in [6.45, 7) is 3.52. The number of hydrogen-bond acceptors (Lipinski definition) is 1. The number of piperidine rings is 1. The van der Waals surface area contributed by atoms with Gasteiger partial charge in [-0.15, -0.1) is 0 Å². The Labute approximate surface area is 121 Å². The van der Waals surface area contributed by atoms with Gasteiger partial charge in [0.15, 0.2) is 0 Å². The molecule has 1 heterocycles. The summed E-state index contributed by atoms with van der Waals surface area (Å²) in [4.78, 5) is 2.74. The van der Waals surface area contributed by atoms with Crippen LogP contribution in [0.15, 0.2) is 60.7 Å². The Morgan fingerprint density at radius 3 is 2.35 bits per heavy atom. The monoisotopic (exact) mass is 263 g/mol. The molecule has 2 fully saturated rings. The average molecular weight is 263 g/mol. The maximum absolute atomic E-state index is 2.74. The molecular formula is C19H21N. The number of fused-ring (bicyclic) bond motifs is 1. The van der Waals surface area contributed by atoms with E-state index >= 15 is 0 Å². The van der Waals surface area contributed by atoms with Crippen LogP contribution >= 0.6 is 0 Å². The van der Waals surface area contributed by atoms with Gasteiger partial charge in [-0.1, -0.05) is 60.7 Å². The lowest BCUT2D eigenvalue weighted by molar-refractivity contribution is 0.153. The molecule has 2 aromatic carbocycles. The summed E-state index contributed by atoms with van der Waals surface area (Å²) in [5.74, 6) is 0.899. The minimum atomic E-state index is 0.441. The van der Waals surface area contributed by atoms with Crippen LogP contribution in [0, 0.1) is 5.92 Å². The van der Waals surface area contributed by atoms with Gasteiger partial charge in [0.1, 0.15) is 0 Å². The van der Waals surface area contributed by atoms with Crippen molar-refractivity contribution in [2.75, 3.05) is 0 Å². The SMILES string of the molecule is C[C@@]12C[C@@H]1CC(c1ccccc1)N2Cc1ccccc1. The zero-order valence-corrected chi connectivity index (χ0v) is 12.0. The molecule has 0 bridgehead atoms. The Morgan fingerprint density at radius 1 is 1.00 bits per heavy atom. The highest BCUT2D eigenvalue weighted by atomic mass is 15.3. The van der Waals surface area contributed by atoms with Gasteiger partial charge in [-0.25, -0.2) is 0 Å². The number of benzene rings is 2. The molecule has 0 radical (unpaired) electrons. The number of nitrogens with zero attached hydrogens (tertiary/aromatic N) is 1. The van der Waals surface area contributed by atoms with Crippen LogP contribution in [0.25, 0.3) is 0 Å². The lowest BCUT2D eigenvalue weighted by Crippen LogP contribution is -2.34. The summed E-state index contributed by atoms with van der Waals surface area (Å²) in [5, 5.41) is 0. The average Bonchev–Trinajstić information content (AvgIpc) is 3.08. The van der Waals surface area contributed by atoms with Crippen molar-refractivity contribution in [2.24, 2.45) is 5.92 Å². The van der Waals surface area contributed by atoms with E-state index in [0.29, 0.717) is 11.6 Å². The fraction of sp³-hybridized carbons (Fsp3) is 0.368. The molecule has 1 heteroatoms. The molecule has 1 aliphatic carbocycles. The normalized spacial score (nSPS) is 32.0. The van der Waals surface area contributed by atoms with Crippen LogP contribution in [-0.4, -0.2) is 10.4 Å². The summed E-state index contributed by atoms with van der Waals surface area (Å²) in [7, 11) is 0. The van der Waals surface area contributed by atoms with Crippen molar-refractivity contribution in [1.29, 1.82) is 0 Å². The van der Waals surface area contributed by atoms with E-state index in [-0.39, 0.29) is 0 Å².